The second-order valence-electron chi connectivity index (χ2n) is 5.24. The highest BCUT2D eigenvalue weighted by atomic mass is 35.5. The molecule has 1 N–H and O–H groups in total. The van der Waals surface area contributed by atoms with E-state index in [1.807, 2.05) is 12.1 Å². The summed E-state index contributed by atoms with van der Waals surface area (Å²) in [5, 5.41) is 9.29. The molecule has 21 heavy (non-hydrogen) atoms. The number of aliphatic carboxylic acids is 1. The van der Waals surface area contributed by atoms with Crippen molar-refractivity contribution in [1.29, 1.82) is 0 Å². The summed E-state index contributed by atoms with van der Waals surface area (Å²) in [7, 11) is 0. The van der Waals surface area contributed by atoms with Gasteiger partial charge in [0.25, 0.3) is 0 Å². The maximum atomic E-state index is 10.5. The summed E-state index contributed by atoms with van der Waals surface area (Å²) in [6.07, 6.45) is 3.81. The van der Waals surface area contributed by atoms with E-state index in [1.165, 1.54) is 6.08 Å². The van der Waals surface area contributed by atoms with Gasteiger partial charge < -0.3 is 14.7 Å². The minimum absolute atomic E-state index is 0.176. The quantitative estimate of drug-likeness (QED) is 0.866. The largest absolute Gasteiger partial charge is 0.478 e. The SMILES string of the molecule is CCC1COC(C)CN1c1ccc(/C=C/C(=O)O)cc1Cl. The molecule has 1 saturated heterocycles. The van der Waals surface area contributed by atoms with Gasteiger partial charge in [-0.25, -0.2) is 4.79 Å². The first kappa shape index (κ1) is 15.9. The molecule has 2 atom stereocenters. The van der Waals surface area contributed by atoms with Crippen molar-refractivity contribution in [2.45, 2.75) is 32.4 Å². The van der Waals surface area contributed by atoms with Crippen molar-refractivity contribution in [2.75, 3.05) is 18.1 Å². The highest BCUT2D eigenvalue weighted by Gasteiger charge is 2.26. The highest BCUT2D eigenvalue weighted by molar-refractivity contribution is 6.33. The summed E-state index contributed by atoms with van der Waals surface area (Å²) in [6.45, 7) is 5.70. The van der Waals surface area contributed by atoms with Crippen LogP contribution < -0.4 is 4.90 Å². The van der Waals surface area contributed by atoms with Crippen molar-refractivity contribution in [2.24, 2.45) is 0 Å². The number of carboxylic acids is 1. The number of hydrogen-bond acceptors (Lipinski definition) is 3. The van der Waals surface area contributed by atoms with Gasteiger partial charge in [0.15, 0.2) is 0 Å². The molecule has 1 aliphatic rings. The Bertz CT molecular complexity index is 544. The normalized spacial score (nSPS) is 22.7. The molecule has 5 heteroatoms. The van der Waals surface area contributed by atoms with Crippen LogP contribution in [-0.4, -0.2) is 36.4 Å². The summed E-state index contributed by atoms with van der Waals surface area (Å²) < 4.78 is 5.70. The zero-order valence-electron chi connectivity index (χ0n) is 12.3. The molecule has 2 unspecified atom stereocenters. The van der Waals surface area contributed by atoms with Crippen LogP contribution in [0.3, 0.4) is 0 Å². The number of anilines is 1. The van der Waals surface area contributed by atoms with Gasteiger partial charge in [0.1, 0.15) is 0 Å². The maximum absolute atomic E-state index is 10.5. The Morgan fingerprint density at radius 3 is 2.95 bits per heavy atom. The number of carbonyl (C=O) groups is 1. The minimum Gasteiger partial charge on any atom is -0.478 e. The number of carboxylic acid groups (broad SMARTS) is 1. The third-order valence-corrected chi connectivity index (χ3v) is 3.94. The summed E-state index contributed by atoms with van der Waals surface area (Å²) >= 11 is 6.38. The van der Waals surface area contributed by atoms with E-state index in [0.29, 0.717) is 17.7 Å². The first-order valence-corrected chi connectivity index (χ1v) is 7.48. The molecule has 0 aliphatic carbocycles. The molecule has 1 aromatic rings. The molecule has 0 saturated carbocycles. The molecule has 0 amide bonds. The van der Waals surface area contributed by atoms with Crippen LogP contribution >= 0.6 is 11.6 Å². The van der Waals surface area contributed by atoms with Crippen molar-refractivity contribution in [3.05, 3.63) is 34.9 Å². The Morgan fingerprint density at radius 2 is 2.33 bits per heavy atom. The van der Waals surface area contributed by atoms with Crippen LogP contribution in [0.1, 0.15) is 25.8 Å². The minimum atomic E-state index is -0.969. The number of rotatable bonds is 4. The Balaban J connectivity index is 2.24. The van der Waals surface area contributed by atoms with E-state index in [9.17, 15) is 4.79 Å². The average Bonchev–Trinajstić information content (AvgIpc) is 2.45. The zero-order chi connectivity index (χ0) is 15.4. The smallest absolute Gasteiger partial charge is 0.328 e. The fourth-order valence-electron chi connectivity index (χ4n) is 2.50. The lowest BCUT2D eigenvalue weighted by Crippen LogP contribution is -2.48. The summed E-state index contributed by atoms with van der Waals surface area (Å²) in [5.74, 6) is -0.969. The van der Waals surface area contributed by atoms with Crippen LogP contribution in [0.15, 0.2) is 24.3 Å². The van der Waals surface area contributed by atoms with E-state index in [1.54, 1.807) is 6.07 Å². The predicted octanol–water partition coefficient (Wildman–Crippen LogP) is 3.44. The van der Waals surface area contributed by atoms with E-state index >= 15 is 0 Å². The summed E-state index contributed by atoms with van der Waals surface area (Å²) in [6, 6.07) is 5.94. The van der Waals surface area contributed by atoms with E-state index in [2.05, 4.69) is 18.7 Å². The second kappa shape index (κ2) is 6.96. The predicted molar refractivity (Wildman–Crippen MR) is 85.0 cm³/mol. The fourth-order valence-corrected chi connectivity index (χ4v) is 2.80. The average molecular weight is 310 g/mol. The third-order valence-electron chi connectivity index (χ3n) is 3.64. The highest BCUT2D eigenvalue weighted by Crippen LogP contribution is 2.31. The van der Waals surface area contributed by atoms with Crippen LogP contribution in [0.5, 0.6) is 0 Å². The molecule has 0 radical (unpaired) electrons. The molecule has 1 aromatic carbocycles. The topological polar surface area (TPSA) is 49.8 Å². The lowest BCUT2D eigenvalue weighted by Gasteiger charge is -2.40. The van der Waals surface area contributed by atoms with Crippen LogP contribution in [0, 0.1) is 0 Å². The van der Waals surface area contributed by atoms with Crippen LogP contribution in [0.25, 0.3) is 6.08 Å². The van der Waals surface area contributed by atoms with E-state index in [-0.39, 0.29) is 6.10 Å². The van der Waals surface area contributed by atoms with Gasteiger partial charge in [-0.15, -0.1) is 0 Å². The molecule has 2 rings (SSSR count). The fraction of sp³-hybridized carbons (Fsp3) is 0.438. The third kappa shape index (κ3) is 3.99. The zero-order valence-corrected chi connectivity index (χ0v) is 13.0. The summed E-state index contributed by atoms with van der Waals surface area (Å²) in [4.78, 5) is 12.8. The lowest BCUT2D eigenvalue weighted by molar-refractivity contribution is -0.131. The molecule has 1 aliphatic heterocycles. The Hall–Kier alpha value is -1.52. The number of halogens is 1. The van der Waals surface area contributed by atoms with E-state index in [0.717, 1.165) is 30.3 Å². The molecule has 0 aromatic heterocycles. The molecule has 0 bridgehead atoms. The molecular formula is C16H20ClNO3. The van der Waals surface area contributed by atoms with Crippen molar-refractivity contribution in [1.82, 2.24) is 0 Å². The Morgan fingerprint density at radius 1 is 1.57 bits per heavy atom. The van der Waals surface area contributed by atoms with Gasteiger partial charge in [-0.05, 0) is 37.1 Å². The van der Waals surface area contributed by atoms with Crippen molar-refractivity contribution < 1.29 is 14.6 Å². The van der Waals surface area contributed by atoms with Crippen molar-refractivity contribution >= 4 is 29.3 Å². The molecule has 114 valence electrons. The number of benzene rings is 1. The van der Waals surface area contributed by atoms with Gasteiger partial charge in [0.2, 0.25) is 0 Å². The number of hydrogen-bond donors (Lipinski definition) is 1. The number of morpholine rings is 1. The molecule has 0 spiro atoms. The van der Waals surface area contributed by atoms with Gasteiger partial charge in [-0.3, -0.25) is 0 Å². The first-order valence-electron chi connectivity index (χ1n) is 7.10. The maximum Gasteiger partial charge on any atom is 0.328 e. The van der Waals surface area contributed by atoms with Crippen molar-refractivity contribution in [3.63, 3.8) is 0 Å². The van der Waals surface area contributed by atoms with Gasteiger partial charge in [0, 0.05) is 12.6 Å². The molecule has 1 fully saturated rings. The number of ether oxygens (including phenoxy) is 1. The Kier molecular flexibility index (Phi) is 5.26. The monoisotopic (exact) mass is 309 g/mol. The standard InChI is InChI=1S/C16H20ClNO3/c1-3-13-10-21-11(2)9-18(13)15-6-4-12(8-14(15)17)5-7-16(19)20/h4-8,11,13H,3,9-10H2,1-2H3,(H,19,20)/b7-5+. The summed E-state index contributed by atoms with van der Waals surface area (Å²) in [5.41, 5.74) is 1.76. The van der Waals surface area contributed by atoms with E-state index in [4.69, 9.17) is 21.4 Å². The van der Waals surface area contributed by atoms with Gasteiger partial charge in [-0.2, -0.15) is 0 Å². The molecule has 4 nitrogen and oxygen atoms in total. The Labute approximate surface area is 130 Å². The lowest BCUT2D eigenvalue weighted by atomic mass is 10.1. The van der Waals surface area contributed by atoms with Gasteiger partial charge >= 0.3 is 5.97 Å². The molecule has 1 heterocycles. The van der Waals surface area contributed by atoms with Crippen LogP contribution in [0.2, 0.25) is 5.02 Å². The second-order valence-corrected chi connectivity index (χ2v) is 5.65. The van der Waals surface area contributed by atoms with Crippen molar-refractivity contribution in [3.8, 4) is 0 Å². The van der Waals surface area contributed by atoms with Crippen LogP contribution in [-0.2, 0) is 9.53 Å². The van der Waals surface area contributed by atoms with Gasteiger partial charge in [0.05, 0.1) is 29.5 Å². The molecular weight excluding hydrogens is 290 g/mol. The number of nitrogens with zero attached hydrogens (tertiary/aromatic N) is 1. The first-order chi connectivity index (χ1) is 10.0. The van der Waals surface area contributed by atoms with Gasteiger partial charge in [-0.1, -0.05) is 24.6 Å². The van der Waals surface area contributed by atoms with E-state index < -0.39 is 5.97 Å². The van der Waals surface area contributed by atoms with Crippen LogP contribution in [0.4, 0.5) is 5.69 Å².